The summed E-state index contributed by atoms with van der Waals surface area (Å²) in [6.07, 6.45) is 0.432. The van der Waals surface area contributed by atoms with E-state index in [1.807, 2.05) is 68.4 Å². The van der Waals surface area contributed by atoms with Crippen LogP contribution >= 0.6 is 0 Å². The number of carbonyl (C=O) groups is 1. The first-order chi connectivity index (χ1) is 14.4. The zero-order valence-corrected chi connectivity index (χ0v) is 18.5. The molecular formula is C24H27NO4S. The molecule has 0 aliphatic carbocycles. The van der Waals surface area contributed by atoms with Crippen molar-refractivity contribution < 1.29 is 17.9 Å². The second-order valence-electron chi connectivity index (χ2n) is 6.96. The maximum Gasteiger partial charge on any atom is 0.336 e. The summed E-state index contributed by atoms with van der Waals surface area (Å²) in [7, 11) is -2.30. The molecule has 4 rings (SSSR count). The number of esters is 1. The molecule has 1 N–H and O–H groups in total. The Morgan fingerprint density at radius 1 is 1.03 bits per heavy atom. The molecule has 158 valence electrons. The van der Waals surface area contributed by atoms with E-state index in [1.54, 1.807) is 6.92 Å². The molecule has 1 atom stereocenters. The summed E-state index contributed by atoms with van der Waals surface area (Å²) in [5, 5.41) is 3.21. The number of dihydropyridines is 1. The number of hydrogen-bond acceptors (Lipinski definition) is 5. The Morgan fingerprint density at radius 3 is 2.33 bits per heavy atom. The second kappa shape index (κ2) is 8.88. The van der Waals surface area contributed by atoms with Crippen LogP contribution in [0.5, 0.6) is 0 Å². The number of aryl methyl sites for hydroxylation is 1. The predicted molar refractivity (Wildman–Crippen MR) is 119 cm³/mol. The Morgan fingerprint density at radius 2 is 1.67 bits per heavy atom. The lowest BCUT2D eigenvalue weighted by molar-refractivity contribution is -0.136. The van der Waals surface area contributed by atoms with E-state index < -0.39 is 21.7 Å². The molecule has 0 saturated carbocycles. The molecule has 0 spiro atoms. The summed E-state index contributed by atoms with van der Waals surface area (Å²) < 4.78 is 31.8. The van der Waals surface area contributed by atoms with E-state index >= 15 is 0 Å². The van der Waals surface area contributed by atoms with Crippen LogP contribution in [0.25, 0.3) is 5.70 Å². The Labute approximate surface area is 178 Å². The van der Waals surface area contributed by atoms with Crippen LogP contribution < -0.4 is 5.32 Å². The average Bonchev–Trinajstić information content (AvgIpc) is 2.89. The van der Waals surface area contributed by atoms with Crippen molar-refractivity contribution >= 4 is 21.5 Å². The van der Waals surface area contributed by atoms with Crippen LogP contribution in [0, 0.1) is 0 Å². The van der Waals surface area contributed by atoms with Crippen LogP contribution in [0.4, 0.5) is 0 Å². The Kier molecular flexibility index (Phi) is 6.46. The minimum absolute atomic E-state index is 0.00135. The van der Waals surface area contributed by atoms with Crippen molar-refractivity contribution in [2.45, 2.75) is 33.1 Å². The third kappa shape index (κ3) is 3.79. The number of allylic oxidation sites excluding steroid dienone is 2. The van der Waals surface area contributed by atoms with Crippen LogP contribution in [0.1, 0.15) is 43.4 Å². The van der Waals surface area contributed by atoms with E-state index in [0.29, 0.717) is 23.4 Å². The number of rotatable bonds is 2. The highest BCUT2D eigenvalue weighted by Crippen LogP contribution is 2.45. The highest BCUT2D eigenvalue weighted by Gasteiger charge is 2.42. The van der Waals surface area contributed by atoms with Crippen molar-refractivity contribution in [3.05, 3.63) is 87.5 Å². The number of hydrogen-bond donors (Lipinski definition) is 1. The second-order valence-corrected chi connectivity index (χ2v) is 9.04. The van der Waals surface area contributed by atoms with E-state index in [9.17, 15) is 13.2 Å². The minimum atomic E-state index is -3.61. The van der Waals surface area contributed by atoms with Crippen molar-refractivity contribution in [2.24, 2.45) is 0 Å². The monoisotopic (exact) mass is 425 g/mol. The molecule has 0 fully saturated rings. The number of benzene rings is 2. The summed E-state index contributed by atoms with van der Waals surface area (Å²) in [5.74, 6) is -1.24. The van der Waals surface area contributed by atoms with Gasteiger partial charge < -0.3 is 10.1 Å². The van der Waals surface area contributed by atoms with Gasteiger partial charge in [0.05, 0.1) is 35.0 Å². The van der Waals surface area contributed by atoms with Gasteiger partial charge in [-0.3, -0.25) is 0 Å². The molecule has 30 heavy (non-hydrogen) atoms. The van der Waals surface area contributed by atoms with Gasteiger partial charge in [-0.05, 0) is 24.5 Å². The van der Waals surface area contributed by atoms with Crippen LogP contribution in [0.2, 0.25) is 0 Å². The van der Waals surface area contributed by atoms with Crippen LogP contribution in [0.15, 0.2) is 70.8 Å². The molecule has 0 saturated heterocycles. The number of sulfone groups is 1. The van der Waals surface area contributed by atoms with Gasteiger partial charge in [-0.15, -0.1) is 0 Å². The highest BCUT2D eigenvalue weighted by atomic mass is 32.2. The maximum absolute atomic E-state index is 13.4. The van der Waals surface area contributed by atoms with E-state index in [0.717, 1.165) is 16.7 Å². The molecule has 2 aliphatic heterocycles. The van der Waals surface area contributed by atoms with Crippen molar-refractivity contribution in [1.82, 2.24) is 5.32 Å². The molecule has 0 bridgehead atoms. The predicted octanol–water partition coefficient (Wildman–Crippen LogP) is 4.19. The molecule has 2 aliphatic rings. The van der Waals surface area contributed by atoms with E-state index in [1.165, 1.54) is 7.11 Å². The van der Waals surface area contributed by atoms with Gasteiger partial charge in [-0.25, -0.2) is 13.2 Å². The van der Waals surface area contributed by atoms with Crippen LogP contribution in [-0.4, -0.2) is 27.2 Å². The fraction of sp³-hybridized carbons (Fsp3) is 0.292. The van der Waals surface area contributed by atoms with E-state index in [-0.39, 0.29) is 10.7 Å². The maximum atomic E-state index is 13.4. The summed E-state index contributed by atoms with van der Waals surface area (Å²) in [4.78, 5) is 12.9. The normalized spacial score (nSPS) is 19.4. The molecule has 0 amide bonds. The number of nitrogens with one attached hydrogen (secondary N) is 1. The van der Waals surface area contributed by atoms with Gasteiger partial charge in [-0.2, -0.15) is 0 Å². The number of methoxy groups -OCH3 is 1. The lowest BCUT2D eigenvalue weighted by atomic mass is 9.84. The van der Waals surface area contributed by atoms with Crippen molar-refractivity contribution in [3.63, 3.8) is 0 Å². The van der Waals surface area contributed by atoms with Gasteiger partial charge >= 0.3 is 5.97 Å². The summed E-state index contributed by atoms with van der Waals surface area (Å²) in [5.41, 5.74) is 4.08. The largest absolute Gasteiger partial charge is 0.466 e. The third-order valence-electron chi connectivity index (χ3n) is 5.31. The van der Waals surface area contributed by atoms with Crippen LogP contribution in [0.3, 0.4) is 0 Å². The number of ether oxygens (including phenoxy) is 1. The van der Waals surface area contributed by atoms with Gasteiger partial charge in [-0.1, -0.05) is 68.4 Å². The Balaban J connectivity index is 0.00000124. The summed E-state index contributed by atoms with van der Waals surface area (Å²) in [6, 6.07) is 17.0. The standard InChI is InChI=1S/C22H21NO4S.C2H6/c1-14-18(22(24)27-2)19(16-9-4-3-5-10-16)21-20(23-14)17-11-7-6-8-15(17)12-13-28(21,25)26;1-2/h3-11,19,23H,12-13H2,1-2H3;1-2H3. The Bertz CT molecular complexity index is 1110. The molecular weight excluding hydrogens is 398 g/mol. The first-order valence-electron chi connectivity index (χ1n) is 10.1. The quantitative estimate of drug-likeness (QED) is 0.731. The average molecular weight is 426 g/mol. The van der Waals surface area contributed by atoms with Crippen LogP contribution in [-0.2, 0) is 25.8 Å². The molecule has 6 heteroatoms. The molecule has 2 aromatic rings. The SMILES string of the molecule is CC.COC(=O)C1=C(C)NC2=C(C1c1ccccc1)S(=O)(=O)CCc1ccccc12. The Hall–Kier alpha value is -2.86. The topological polar surface area (TPSA) is 72.5 Å². The molecule has 1 unspecified atom stereocenters. The first-order valence-corrected chi connectivity index (χ1v) is 11.8. The van der Waals surface area contributed by atoms with Gasteiger partial charge in [0.2, 0.25) is 0 Å². The number of fused-ring (bicyclic) bond motifs is 2. The van der Waals surface area contributed by atoms with Crippen molar-refractivity contribution in [2.75, 3.05) is 12.9 Å². The fourth-order valence-corrected chi connectivity index (χ4v) is 5.82. The van der Waals surface area contributed by atoms with Gasteiger partial charge in [0.25, 0.3) is 0 Å². The fourth-order valence-electron chi connectivity index (χ4n) is 4.02. The lowest BCUT2D eigenvalue weighted by Crippen LogP contribution is -2.31. The van der Waals surface area contributed by atoms with Gasteiger partial charge in [0, 0.05) is 11.3 Å². The third-order valence-corrected chi connectivity index (χ3v) is 7.17. The molecule has 2 aromatic carbocycles. The zero-order valence-electron chi connectivity index (χ0n) is 17.7. The lowest BCUT2D eigenvalue weighted by Gasteiger charge is -2.31. The van der Waals surface area contributed by atoms with Crippen molar-refractivity contribution in [1.29, 1.82) is 0 Å². The molecule has 0 aromatic heterocycles. The number of carbonyl (C=O) groups excluding carboxylic acids is 1. The zero-order chi connectivity index (χ0) is 21.9. The first kappa shape index (κ1) is 21.8. The van der Waals surface area contributed by atoms with Crippen molar-refractivity contribution in [3.8, 4) is 0 Å². The summed E-state index contributed by atoms with van der Waals surface area (Å²) in [6.45, 7) is 5.78. The highest BCUT2D eigenvalue weighted by molar-refractivity contribution is 7.95. The molecule has 5 nitrogen and oxygen atoms in total. The molecule has 0 radical (unpaired) electrons. The van der Waals surface area contributed by atoms with Gasteiger partial charge in [0.15, 0.2) is 9.84 Å². The minimum Gasteiger partial charge on any atom is -0.466 e. The van der Waals surface area contributed by atoms with E-state index in [2.05, 4.69) is 5.32 Å². The van der Waals surface area contributed by atoms with Gasteiger partial charge in [0.1, 0.15) is 0 Å². The summed E-state index contributed by atoms with van der Waals surface area (Å²) >= 11 is 0. The van der Waals surface area contributed by atoms with E-state index in [4.69, 9.17) is 4.74 Å². The molecule has 2 heterocycles. The smallest absolute Gasteiger partial charge is 0.336 e.